The summed E-state index contributed by atoms with van der Waals surface area (Å²) < 4.78 is 1.41. The lowest BCUT2D eigenvalue weighted by Gasteiger charge is -2.28. The topological polar surface area (TPSA) is 81.8 Å². The van der Waals surface area contributed by atoms with E-state index in [2.05, 4.69) is 24.2 Å². The molecule has 4 amide bonds. The molecule has 0 aliphatic carbocycles. The molecule has 1 N–H and O–H groups in total. The van der Waals surface area contributed by atoms with E-state index in [9.17, 15) is 14.4 Å². The molecule has 8 heteroatoms. The number of urea groups is 1. The van der Waals surface area contributed by atoms with Crippen LogP contribution in [0.25, 0.3) is 0 Å². The Morgan fingerprint density at radius 2 is 1.84 bits per heavy atom. The van der Waals surface area contributed by atoms with E-state index in [4.69, 9.17) is 0 Å². The molecule has 1 aromatic rings. The molecule has 0 radical (unpaired) electrons. The van der Waals surface area contributed by atoms with Crippen molar-refractivity contribution in [2.75, 3.05) is 25.2 Å². The van der Waals surface area contributed by atoms with Crippen LogP contribution in [0.4, 0.5) is 10.5 Å². The predicted octanol–water partition coefficient (Wildman–Crippen LogP) is 3.92. The number of anilines is 1. The largest absolute Gasteiger partial charge is 0.445 e. The Kier molecular flexibility index (Phi) is 7.03. The van der Waals surface area contributed by atoms with Crippen molar-refractivity contribution < 1.29 is 19.0 Å². The van der Waals surface area contributed by atoms with Gasteiger partial charge in [-0.05, 0) is 49.8 Å². The van der Waals surface area contributed by atoms with Gasteiger partial charge in [0.2, 0.25) is 5.91 Å². The van der Waals surface area contributed by atoms with E-state index in [1.54, 1.807) is 13.3 Å². The van der Waals surface area contributed by atoms with Gasteiger partial charge in [-0.3, -0.25) is 9.59 Å². The molecule has 1 unspecified atom stereocenters. The number of nitrogens with zero attached hydrogens (tertiary/aromatic N) is 3. The highest BCUT2D eigenvalue weighted by molar-refractivity contribution is 8.03. The summed E-state index contributed by atoms with van der Waals surface area (Å²) >= 11 is 1.35. The number of hydrogen-bond donors (Lipinski definition) is 1. The SMILES string of the molecule is Cc1cc(C)c(NC(=O)CSC2=C(CC(C)C)C=NC3=[N+](C)C(=O)N(C)C(=O)C23)c(C)c1. The number of hydrogen-bond acceptors (Lipinski definition) is 5. The zero-order valence-corrected chi connectivity index (χ0v) is 20.6. The number of imide groups is 1. The highest BCUT2D eigenvalue weighted by atomic mass is 32.2. The van der Waals surface area contributed by atoms with Gasteiger partial charge in [0.1, 0.15) is 6.21 Å². The van der Waals surface area contributed by atoms with Crippen LogP contribution in [0, 0.1) is 32.6 Å². The lowest BCUT2D eigenvalue weighted by Crippen LogP contribution is -2.52. The van der Waals surface area contributed by atoms with Crippen molar-refractivity contribution in [1.82, 2.24) is 4.90 Å². The van der Waals surface area contributed by atoms with Gasteiger partial charge in [0.15, 0.2) is 5.92 Å². The lowest BCUT2D eigenvalue weighted by molar-refractivity contribution is -0.407. The quantitative estimate of drug-likeness (QED) is 0.659. The fourth-order valence-corrected chi connectivity index (χ4v) is 5.22. The molecule has 2 aliphatic rings. The molecule has 2 heterocycles. The summed E-state index contributed by atoms with van der Waals surface area (Å²) in [6.07, 6.45) is 2.48. The van der Waals surface area contributed by atoms with Gasteiger partial charge in [0.05, 0.1) is 19.8 Å². The molecule has 0 saturated heterocycles. The van der Waals surface area contributed by atoms with Crippen molar-refractivity contribution in [3.8, 4) is 0 Å². The number of aliphatic imine (C=N–C) groups is 1. The number of fused-ring (bicyclic) bond motifs is 1. The zero-order chi connectivity index (χ0) is 23.7. The second-order valence-electron chi connectivity index (χ2n) is 8.89. The molecule has 32 heavy (non-hydrogen) atoms. The van der Waals surface area contributed by atoms with Crippen LogP contribution in [0.2, 0.25) is 0 Å². The summed E-state index contributed by atoms with van der Waals surface area (Å²) in [6.45, 7) is 10.2. The number of carbonyl (C=O) groups is 3. The minimum Gasteiger partial charge on any atom is -0.325 e. The van der Waals surface area contributed by atoms with Gasteiger partial charge in [-0.1, -0.05) is 31.5 Å². The van der Waals surface area contributed by atoms with E-state index >= 15 is 0 Å². The van der Waals surface area contributed by atoms with Crippen LogP contribution < -0.4 is 5.32 Å². The van der Waals surface area contributed by atoms with Gasteiger partial charge in [-0.25, -0.2) is 4.79 Å². The molecular weight excluding hydrogens is 424 g/mol. The average Bonchev–Trinajstić information content (AvgIpc) is 2.71. The molecule has 3 rings (SSSR count). The molecule has 0 bridgehead atoms. The molecule has 0 saturated carbocycles. The van der Waals surface area contributed by atoms with Crippen molar-refractivity contribution in [2.24, 2.45) is 16.8 Å². The first-order valence-corrected chi connectivity index (χ1v) is 11.7. The van der Waals surface area contributed by atoms with Crippen LogP contribution in [-0.2, 0) is 9.59 Å². The summed E-state index contributed by atoms with van der Waals surface area (Å²) in [6, 6.07) is 3.68. The molecule has 1 aromatic carbocycles. The van der Waals surface area contributed by atoms with E-state index in [0.29, 0.717) is 11.8 Å². The summed E-state index contributed by atoms with van der Waals surface area (Å²) in [5.41, 5.74) is 4.96. The number of carbonyl (C=O) groups excluding carboxylic acids is 3. The number of thioether (sulfide) groups is 1. The van der Waals surface area contributed by atoms with Crippen LogP contribution in [-0.4, -0.2) is 59.2 Å². The van der Waals surface area contributed by atoms with Gasteiger partial charge in [0.25, 0.3) is 5.84 Å². The predicted molar refractivity (Wildman–Crippen MR) is 130 cm³/mol. The molecule has 0 spiro atoms. The van der Waals surface area contributed by atoms with Crippen LogP contribution >= 0.6 is 11.8 Å². The van der Waals surface area contributed by atoms with E-state index in [0.717, 1.165) is 44.2 Å². The highest BCUT2D eigenvalue weighted by Gasteiger charge is 2.48. The van der Waals surface area contributed by atoms with E-state index in [1.807, 2.05) is 32.9 Å². The summed E-state index contributed by atoms with van der Waals surface area (Å²) in [4.78, 5) is 44.6. The monoisotopic (exact) mass is 455 g/mol. The summed E-state index contributed by atoms with van der Waals surface area (Å²) in [5.74, 6) is -0.173. The summed E-state index contributed by atoms with van der Waals surface area (Å²) in [5, 5.41) is 3.03. The third kappa shape index (κ3) is 4.70. The number of benzene rings is 1. The van der Waals surface area contributed by atoms with E-state index in [-0.39, 0.29) is 17.6 Å². The minimum atomic E-state index is -0.665. The second kappa shape index (κ2) is 9.40. The van der Waals surface area contributed by atoms with Gasteiger partial charge >= 0.3 is 11.9 Å². The van der Waals surface area contributed by atoms with Gasteiger partial charge in [-0.2, -0.15) is 9.48 Å². The Labute approximate surface area is 193 Å². The Morgan fingerprint density at radius 1 is 1.22 bits per heavy atom. The van der Waals surface area contributed by atoms with Crippen molar-refractivity contribution in [3.05, 3.63) is 39.3 Å². The van der Waals surface area contributed by atoms with Crippen molar-refractivity contribution in [1.29, 1.82) is 0 Å². The van der Waals surface area contributed by atoms with Crippen LogP contribution in [0.5, 0.6) is 0 Å². The maximum Gasteiger partial charge on any atom is 0.445 e. The van der Waals surface area contributed by atoms with Crippen molar-refractivity contribution in [2.45, 2.75) is 41.0 Å². The maximum absolute atomic E-state index is 13.0. The van der Waals surface area contributed by atoms with E-state index in [1.165, 1.54) is 23.4 Å². The lowest BCUT2D eigenvalue weighted by atomic mass is 9.94. The Hall–Kier alpha value is -2.74. The number of amidine groups is 1. The third-order valence-corrected chi connectivity index (χ3v) is 6.83. The first kappa shape index (κ1) is 23.9. The fraction of sp³-hybridized carbons (Fsp3) is 0.458. The smallest absolute Gasteiger partial charge is 0.325 e. The van der Waals surface area contributed by atoms with Gasteiger partial charge in [0, 0.05) is 10.6 Å². The third-order valence-electron chi connectivity index (χ3n) is 5.61. The average molecular weight is 456 g/mol. The Balaban J connectivity index is 1.88. The highest BCUT2D eigenvalue weighted by Crippen LogP contribution is 2.36. The molecule has 0 fully saturated rings. The zero-order valence-electron chi connectivity index (χ0n) is 19.8. The number of amides is 4. The Bertz CT molecular complexity index is 1060. The van der Waals surface area contributed by atoms with Gasteiger partial charge < -0.3 is 5.32 Å². The Morgan fingerprint density at radius 3 is 2.44 bits per heavy atom. The van der Waals surface area contributed by atoms with E-state index < -0.39 is 11.9 Å². The fourth-order valence-electron chi connectivity index (χ4n) is 4.16. The van der Waals surface area contributed by atoms with Crippen LogP contribution in [0.1, 0.15) is 37.0 Å². The number of allylic oxidation sites excluding steroid dienone is 1. The maximum atomic E-state index is 13.0. The molecular formula is C24H31N4O3S+. The molecule has 0 aromatic heterocycles. The molecule has 7 nitrogen and oxygen atoms in total. The first-order chi connectivity index (χ1) is 15.0. The van der Waals surface area contributed by atoms with Crippen LogP contribution in [0.15, 0.2) is 27.6 Å². The number of dihydropyridines is 1. The van der Waals surface area contributed by atoms with Crippen molar-refractivity contribution in [3.63, 3.8) is 0 Å². The molecule has 1 atom stereocenters. The van der Waals surface area contributed by atoms with Crippen LogP contribution in [0.3, 0.4) is 0 Å². The summed E-state index contributed by atoms with van der Waals surface area (Å²) in [7, 11) is 3.10. The molecule has 170 valence electrons. The normalized spacial score (nSPS) is 18.6. The second-order valence-corrected chi connectivity index (χ2v) is 9.90. The standard InChI is InChI=1S/C24H30N4O3S/c1-13(2)8-17-11-25-22-19(23(30)28(7)24(31)27(22)6)21(17)32-12-18(29)26-20-15(4)9-14(3)10-16(20)5/h9-11,13,19H,8,12H2,1-7H3/p+1. The van der Waals surface area contributed by atoms with Gasteiger partial charge in [-0.15, -0.1) is 16.8 Å². The number of nitrogens with one attached hydrogen (secondary N) is 1. The number of aryl methyl sites for hydroxylation is 3. The number of rotatable bonds is 6. The minimum absolute atomic E-state index is 0.133. The molecule has 2 aliphatic heterocycles. The first-order valence-electron chi connectivity index (χ1n) is 10.7. The van der Waals surface area contributed by atoms with Crippen molar-refractivity contribution >= 4 is 47.3 Å².